The highest BCUT2D eigenvalue weighted by molar-refractivity contribution is 5.80. The van der Waals surface area contributed by atoms with Crippen LogP contribution in [0, 0.1) is 0 Å². The van der Waals surface area contributed by atoms with E-state index >= 15 is 0 Å². The summed E-state index contributed by atoms with van der Waals surface area (Å²) in [5, 5.41) is 11.3. The van der Waals surface area contributed by atoms with Gasteiger partial charge in [0.05, 0.1) is 12.5 Å². The van der Waals surface area contributed by atoms with E-state index in [2.05, 4.69) is 5.32 Å². The van der Waals surface area contributed by atoms with Crippen LogP contribution in [-0.4, -0.2) is 29.6 Å². The molecule has 2 rings (SSSR count). The first-order chi connectivity index (χ1) is 8.65. The minimum atomic E-state index is -0.963. The topological polar surface area (TPSA) is 75.6 Å². The summed E-state index contributed by atoms with van der Waals surface area (Å²) >= 11 is 0. The van der Waals surface area contributed by atoms with Gasteiger partial charge in [0, 0.05) is 6.42 Å². The molecule has 0 fully saturated rings. The lowest BCUT2D eigenvalue weighted by Crippen LogP contribution is -2.42. The molecule has 1 aliphatic rings. The summed E-state index contributed by atoms with van der Waals surface area (Å²) in [6.07, 6.45) is 0.582. The van der Waals surface area contributed by atoms with Gasteiger partial charge in [-0.1, -0.05) is 18.2 Å². The Balaban J connectivity index is 1.86. The predicted molar refractivity (Wildman–Crippen MR) is 64.4 cm³/mol. The molecule has 0 aromatic heterocycles. The van der Waals surface area contributed by atoms with Gasteiger partial charge in [0.25, 0.3) is 0 Å². The summed E-state index contributed by atoms with van der Waals surface area (Å²) in [5.74, 6) is -0.352. The average Bonchev–Trinajstić information content (AvgIpc) is 2.36. The van der Waals surface area contributed by atoms with Gasteiger partial charge in [0.2, 0.25) is 5.91 Å². The van der Waals surface area contributed by atoms with Gasteiger partial charge in [0.1, 0.15) is 12.4 Å². The summed E-state index contributed by atoms with van der Waals surface area (Å²) in [6.45, 7) is 0.426. The van der Waals surface area contributed by atoms with Crippen molar-refractivity contribution in [2.24, 2.45) is 0 Å². The Morgan fingerprint density at radius 3 is 2.89 bits per heavy atom. The van der Waals surface area contributed by atoms with Gasteiger partial charge in [-0.2, -0.15) is 0 Å². The first-order valence-corrected chi connectivity index (χ1v) is 5.87. The Labute approximate surface area is 105 Å². The Hall–Kier alpha value is -2.04. The summed E-state index contributed by atoms with van der Waals surface area (Å²) in [7, 11) is 0. The third kappa shape index (κ3) is 3.23. The molecule has 0 aliphatic carbocycles. The molecule has 2 N–H and O–H groups in total. The van der Waals surface area contributed by atoms with E-state index < -0.39 is 5.97 Å². The largest absolute Gasteiger partial charge is 0.491 e. The standard InChI is InChI=1S/C13H15NO4/c15-12(5-6-13(16)17)14-10-7-9-3-1-2-4-11(9)18-8-10/h1-4,10H,5-8H2,(H,14,15)(H,16,17). The zero-order chi connectivity index (χ0) is 13.0. The highest BCUT2D eigenvalue weighted by Gasteiger charge is 2.20. The number of para-hydroxylation sites is 1. The minimum absolute atomic E-state index is 0.00742. The predicted octanol–water partition coefficient (Wildman–Crippen LogP) is 0.971. The highest BCUT2D eigenvalue weighted by Crippen LogP contribution is 2.23. The van der Waals surface area contributed by atoms with Crippen LogP contribution in [0.2, 0.25) is 0 Å². The molecule has 1 atom stereocenters. The van der Waals surface area contributed by atoms with Crippen LogP contribution in [-0.2, 0) is 16.0 Å². The van der Waals surface area contributed by atoms with Crippen LogP contribution < -0.4 is 10.1 Å². The van der Waals surface area contributed by atoms with Crippen LogP contribution in [0.1, 0.15) is 18.4 Å². The number of carbonyl (C=O) groups is 2. The molecule has 1 aliphatic heterocycles. The molecule has 18 heavy (non-hydrogen) atoms. The van der Waals surface area contributed by atoms with E-state index in [0.717, 1.165) is 17.7 Å². The quantitative estimate of drug-likeness (QED) is 0.833. The second kappa shape index (κ2) is 5.53. The number of carbonyl (C=O) groups excluding carboxylic acids is 1. The van der Waals surface area contributed by atoms with Crippen molar-refractivity contribution in [3.63, 3.8) is 0 Å². The number of ether oxygens (including phenoxy) is 1. The summed E-state index contributed by atoms with van der Waals surface area (Å²) in [6, 6.07) is 7.62. The SMILES string of the molecule is O=C(O)CCC(=O)NC1COc2ccccc2C1. The van der Waals surface area contributed by atoms with E-state index in [1.807, 2.05) is 24.3 Å². The van der Waals surface area contributed by atoms with Crippen molar-refractivity contribution in [3.8, 4) is 5.75 Å². The van der Waals surface area contributed by atoms with Gasteiger partial charge in [-0.15, -0.1) is 0 Å². The van der Waals surface area contributed by atoms with Crippen molar-refractivity contribution in [2.45, 2.75) is 25.3 Å². The van der Waals surface area contributed by atoms with Crippen molar-refractivity contribution < 1.29 is 19.4 Å². The molecule has 0 saturated carbocycles. The van der Waals surface area contributed by atoms with Gasteiger partial charge in [-0.25, -0.2) is 0 Å². The molecule has 1 amide bonds. The summed E-state index contributed by atoms with van der Waals surface area (Å²) < 4.78 is 5.53. The summed E-state index contributed by atoms with van der Waals surface area (Å²) in [4.78, 5) is 21.9. The molecule has 5 nitrogen and oxygen atoms in total. The van der Waals surface area contributed by atoms with Crippen molar-refractivity contribution >= 4 is 11.9 Å². The molecule has 1 aromatic rings. The molecule has 0 bridgehead atoms. The zero-order valence-electron chi connectivity index (χ0n) is 9.89. The Morgan fingerprint density at radius 1 is 1.33 bits per heavy atom. The maximum absolute atomic E-state index is 11.5. The lowest BCUT2D eigenvalue weighted by molar-refractivity contribution is -0.139. The first kappa shape index (κ1) is 12.4. The summed E-state index contributed by atoms with van der Waals surface area (Å²) in [5.41, 5.74) is 1.06. The van der Waals surface area contributed by atoms with Crippen LogP contribution >= 0.6 is 0 Å². The molecule has 1 unspecified atom stereocenters. The second-order valence-corrected chi connectivity index (χ2v) is 4.28. The number of hydrogen-bond acceptors (Lipinski definition) is 3. The number of rotatable bonds is 4. The van der Waals surface area contributed by atoms with Crippen molar-refractivity contribution in [3.05, 3.63) is 29.8 Å². The fraction of sp³-hybridized carbons (Fsp3) is 0.385. The number of carboxylic acid groups (broad SMARTS) is 1. The second-order valence-electron chi connectivity index (χ2n) is 4.28. The van der Waals surface area contributed by atoms with E-state index in [9.17, 15) is 9.59 Å². The van der Waals surface area contributed by atoms with Gasteiger partial charge in [-0.05, 0) is 18.1 Å². The van der Waals surface area contributed by atoms with E-state index in [1.165, 1.54) is 0 Å². The monoisotopic (exact) mass is 249 g/mol. The van der Waals surface area contributed by atoms with Gasteiger partial charge in [-0.3, -0.25) is 9.59 Å². The number of fused-ring (bicyclic) bond motifs is 1. The molecule has 5 heteroatoms. The molecular formula is C13H15NO4. The number of benzene rings is 1. The number of nitrogens with one attached hydrogen (secondary N) is 1. The Bertz CT molecular complexity index is 458. The van der Waals surface area contributed by atoms with Crippen LogP contribution in [0.5, 0.6) is 5.75 Å². The maximum Gasteiger partial charge on any atom is 0.303 e. The molecule has 1 aromatic carbocycles. The lowest BCUT2D eigenvalue weighted by atomic mass is 10.0. The van der Waals surface area contributed by atoms with Gasteiger partial charge < -0.3 is 15.2 Å². The van der Waals surface area contributed by atoms with E-state index in [-0.39, 0.29) is 24.8 Å². The van der Waals surface area contributed by atoms with Gasteiger partial charge >= 0.3 is 5.97 Å². The molecule has 0 saturated heterocycles. The van der Waals surface area contributed by atoms with E-state index in [0.29, 0.717) is 6.61 Å². The number of amides is 1. The highest BCUT2D eigenvalue weighted by atomic mass is 16.5. The molecule has 0 radical (unpaired) electrons. The minimum Gasteiger partial charge on any atom is -0.491 e. The smallest absolute Gasteiger partial charge is 0.303 e. The fourth-order valence-electron chi connectivity index (χ4n) is 1.94. The van der Waals surface area contributed by atoms with Crippen LogP contribution in [0.4, 0.5) is 0 Å². The lowest BCUT2D eigenvalue weighted by Gasteiger charge is -2.25. The van der Waals surface area contributed by atoms with Gasteiger partial charge in [0.15, 0.2) is 0 Å². The molecule has 1 heterocycles. The normalized spacial score (nSPS) is 17.4. The number of hydrogen-bond donors (Lipinski definition) is 2. The molecule has 96 valence electrons. The van der Waals surface area contributed by atoms with Crippen molar-refractivity contribution in [1.82, 2.24) is 5.32 Å². The average molecular weight is 249 g/mol. The van der Waals surface area contributed by atoms with E-state index in [1.54, 1.807) is 0 Å². The fourth-order valence-corrected chi connectivity index (χ4v) is 1.94. The third-order valence-electron chi connectivity index (χ3n) is 2.81. The van der Waals surface area contributed by atoms with Crippen LogP contribution in [0.25, 0.3) is 0 Å². The third-order valence-corrected chi connectivity index (χ3v) is 2.81. The number of carboxylic acids is 1. The van der Waals surface area contributed by atoms with Crippen LogP contribution in [0.15, 0.2) is 24.3 Å². The molecule has 0 spiro atoms. The molecular weight excluding hydrogens is 234 g/mol. The first-order valence-electron chi connectivity index (χ1n) is 5.87. The van der Waals surface area contributed by atoms with Crippen molar-refractivity contribution in [2.75, 3.05) is 6.61 Å². The Morgan fingerprint density at radius 2 is 2.11 bits per heavy atom. The Kier molecular flexibility index (Phi) is 3.82. The van der Waals surface area contributed by atoms with Crippen LogP contribution in [0.3, 0.4) is 0 Å². The number of aliphatic carboxylic acids is 1. The maximum atomic E-state index is 11.5. The zero-order valence-corrected chi connectivity index (χ0v) is 9.89. The van der Waals surface area contributed by atoms with Crippen molar-refractivity contribution in [1.29, 1.82) is 0 Å². The van der Waals surface area contributed by atoms with E-state index in [4.69, 9.17) is 9.84 Å².